The Bertz CT molecular complexity index is 1110. The third kappa shape index (κ3) is 3.47. The van der Waals surface area contributed by atoms with Gasteiger partial charge < -0.3 is 5.32 Å². The van der Waals surface area contributed by atoms with Crippen molar-refractivity contribution in [1.82, 2.24) is 20.3 Å². The molecule has 0 saturated carbocycles. The maximum absolute atomic E-state index is 12.4. The molecule has 0 bridgehead atoms. The van der Waals surface area contributed by atoms with Crippen molar-refractivity contribution in [3.05, 3.63) is 71.8 Å². The molecule has 9 heteroatoms. The smallest absolute Gasteiger partial charge is 0.258 e. The Hall–Kier alpha value is -4.14. The zero-order valence-electron chi connectivity index (χ0n) is 13.8. The molecular formula is C18H12N6O3. The summed E-state index contributed by atoms with van der Waals surface area (Å²) in [5.74, 6) is -0.737. The van der Waals surface area contributed by atoms with E-state index in [9.17, 15) is 9.59 Å². The molecule has 0 unspecified atom stereocenters. The summed E-state index contributed by atoms with van der Waals surface area (Å²) in [6, 6.07) is 17.2. The lowest BCUT2D eigenvalue weighted by Gasteiger charge is -2.07. The fraction of sp³-hybridized carbons (Fsp3) is 0. The number of hydrogen-bond acceptors (Lipinski definition) is 7. The Morgan fingerprint density at radius 1 is 0.741 bits per heavy atom. The number of aromatic nitrogens is 4. The highest BCUT2D eigenvalue weighted by atomic mass is 16.6. The monoisotopic (exact) mass is 360 g/mol. The summed E-state index contributed by atoms with van der Waals surface area (Å²) in [4.78, 5) is 32.9. The molecule has 0 aliphatic heterocycles. The second-order valence-electron chi connectivity index (χ2n) is 5.47. The van der Waals surface area contributed by atoms with Gasteiger partial charge in [-0.2, -0.15) is 9.97 Å². The fourth-order valence-corrected chi connectivity index (χ4v) is 2.37. The Kier molecular flexibility index (Phi) is 4.24. The van der Waals surface area contributed by atoms with E-state index in [1.165, 1.54) is 0 Å². The molecule has 0 radical (unpaired) electrons. The SMILES string of the molecule is O=C(Nc1nc(NC(=O)c2ccccc2)c2nonc2n1)c1ccccc1. The predicted molar refractivity (Wildman–Crippen MR) is 96.2 cm³/mol. The van der Waals surface area contributed by atoms with Crippen molar-refractivity contribution >= 4 is 34.7 Å². The summed E-state index contributed by atoms with van der Waals surface area (Å²) in [7, 11) is 0. The highest BCUT2D eigenvalue weighted by Crippen LogP contribution is 2.20. The molecule has 0 saturated heterocycles. The first-order valence-corrected chi connectivity index (χ1v) is 7.94. The van der Waals surface area contributed by atoms with Crippen LogP contribution in [0.2, 0.25) is 0 Å². The van der Waals surface area contributed by atoms with Crippen molar-refractivity contribution in [2.24, 2.45) is 0 Å². The summed E-state index contributed by atoms with van der Waals surface area (Å²) >= 11 is 0. The summed E-state index contributed by atoms with van der Waals surface area (Å²) in [5, 5.41) is 12.6. The van der Waals surface area contributed by atoms with E-state index in [-0.39, 0.29) is 28.8 Å². The number of fused-ring (bicyclic) bond motifs is 1. The van der Waals surface area contributed by atoms with Gasteiger partial charge in [0.05, 0.1) is 0 Å². The lowest BCUT2D eigenvalue weighted by atomic mass is 10.2. The summed E-state index contributed by atoms with van der Waals surface area (Å²) in [6.07, 6.45) is 0. The van der Waals surface area contributed by atoms with E-state index >= 15 is 0 Å². The standard InChI is InChI=1S/C18H12N6O3/c25-16(11-7-3-1-4-8-11)19-14-13-15(24-27-23-13)21-18(20-14)22-17(26)12-9-5-2-6-10-12/h1-10H,(H2,19,20,21,22,24,25,26). The number of anilines is 2. The topological polar surface area (TPSA) is 123 Å². The first-order valence-electron chi connectivity index (χ1n) is 7.94. The molecule has 4 rings (SSSR count). The van der Waals surface area contributed by atoms with E-state index in [4.69, 9.17) is 0 Å². The quantitative estimate of drug-likeness (QED) is 0.573. The van der Waals surface area contributed by atoms with Crippen molar-refractivity contribution < 1.29 is 14.2 Å². The van der Waals surface area contributed by atoms with Gasteiger partial charge in [0.1, 0.15) is 0 Å². The van der Waals surface area contributed by atoms with Crippen LogP contribution in [0.1, 0.15) is 20.7 Å². The number of nitrogens with one attached hydrogen (secondary N) is 2. The maximum atomic E-state index is 12.4. The van der Waals surface area contributed by atoms with Gasteiger partial charge in [0.15, 0.2) is 11.3 Å². The molecule has 132 valence electrons. The molecule has 2 N–H and O–H groups in total. The molecule has 2 amide bonds. The molecular weight excluding hydrogens is 348 g/mol. The first-order chi connectivity index (χ1) is 13.2. The zero-order valence-corrected chi connectivity index (χ0v) is 13.8. The molecule has 0 atom stereocenters. The summed E-state index contributed by atoms with van der Waals surface area (Å²) in [6.45, 7) is 0. The molecule has 0 spiro atoms. The average Bonchev–Trinajstić information content (AvgIpc) is 3.18. The van der Waals surface area contributed by atoms with E-state index in [1.54, 1.807) is 60.7 Å². The van der Waals surface area contributed by atoms with Crippen LogP contribution in [0.5, 0.6) is 0 Å². The van der Waals surface area contributed by atoms with Crippen LogP contribution in [0, 0.1) is 0 Å². The van der Waals surface area contributed by atoms with Gasteiger partial charge in [-0.1, -0.05) is 36.4 Å². The van der Waals surface area contributed by atoms with Gasteiger partial charge in [-0.15, -0.1) is 0 Å². The lowest BCUT2D eigenvalue weighted by Crippen LogP contribution is -2.17. The van der Waals surface area contributed by atoms with E-state index < -0.39 is 5.91 Å². The zero-order chi connectivity index (χ0) is 18.6. The van der Waals surface area contributed by atoms with Crippen LogP contribution < -0.4 is 10.6 Å². The van der Waals surface area contributed by atoms with E-state index in [0.717, 1.165) is 0 Å². The second kappa shape index (κ2) is 7.00. The van der Waals surface area contributed by atoms with Crippen LogP contribution in [0.15, 0.2) is 65.3 Å². The van der Waals surface area contributed by atoms with Gasteiger partial charge in [-0.05, 0) is 34.6 Å². The number of hydrogen-bond donors (Lipinski definition) is 2. The van der Waals surface area contributed by atoms with Crippen molar-refractivity contribution in [1.29, 1.82) is 0 Å². The van der Waals surface area contributed by atoms with E-state index in [1.807, 2.05) is 0 Å². The normalized spacial score (nSPS) is 10.5. The van der Waals surface area contributed by atoms with Crippen LogP contribution in [0.4, 0.5) is 11.8 Å². The number of carbonyl (C=O) groups is 2. The highest BCUT2D eigenvalue weighted by Gasteiger charge is 2.17. The van der Waals surface area contributed by atoms with Crippen LogP contribution in [-0.2, 0) is 0 Å². The third-order valence-corrected chi connectivity index (χ3v) is 3.65. The Morgan fingerprint density at radius 3 is 1.96 bits per heavy atom. The van der Waals surface area contributed by atoms with Crippen LogP contribution >= 0.6 is 0 Å². The molecule has 0 aliphatic rings. The van der Waals surface area contributed by atoms with E-state index in [0.29, 0.717) is 11.1 Å². The van der Waals surface area contributed by atoms with Gasteiger partial charge in [-0.25, -0.2) is 4.63 Å². The number of nitrogens with zero attached hydrogens (tertiary/aromatic N) is 4. The Labute approximate surface area is 152 Å². The lowest BCUT2D eigenvalue weighted by molar-refractivity contribution is 0.101. The summed E-state index contributed by atoms with van der Waals surface area (Å²) in [5.41, 5.74) is 1.17. The largest absolute Gasteiger partial charge is 0.304 e. The minimum absolute atomic E-state index is 0.0320. The second-order valence-corrected chi connectivity index (χ2v) is 5.47. The third-order valence-electron chi connectivity index (χ3n) is 3.65. The molecule has 27 heavy (non-hydrogen) atoms. The highest BCUT2D eigenvalue weighted by molar-refractivity contribution is 6.07. The van der Waals surface area contributed by atoms with Crippen LogP contribution in [0.25, 0.3) is 11.2 Å². The molecule has 0 fully saturated rings. The maximum Gasteiger partial charge on any atom is 0.258 e. The van der Waals surface area contributed by atoms with Crippen molar-refractivity contribution in [2.75, 3.05) is 10.6 Å². The van der Waals surface area contributed by atoms with Gasteiger partial charge >= 0.3 is 0 Å². The molecule has 2 aromatic heterocycles. The van der Waals surface area contributed by atoms with Crippen LogP contribution in [-0.4, -0.2) is 32.1 Å². The Morgan fingerprint density at radius 2 is 1.33 bits per heavy atom. The van der Waals surface area contributed by atoms with E-state index in [2.05, 4.69) is 35.5 Å². The fourth-order valence-electron chi connectivity index (χ4n) is 2.37. The minimum Gasteiger partial charge on any atom is -0.304 e. The predicted octanol–water partition coefficient (Wildman–Crippen LogP) is 2.52. The van der Waals surface area contributed by atoms with Crippen LogP contribution in [0.3, 0.4) is 0 Å². The van der Waals surface area contributed by atoms with Gasteiger partial charge in [-0.3, -0.25) is 14.9 Å². The molecule has 4 aromatic rings. The van der Waals surface area contributed by atoms with Gasteiger partial charge in [0.25, 0.3) is 11.8 Å². The molecule has 9 nitrogen and oxygen atoms in total. The number of amides is 2. The molecule has 2 aromatic carbocycles. The van der Waals surface area contributed by atoms with Crippen molar-refractivity contribution in [2.45, 2.75) is 0 Å². The van der Waals surface area contributed by atoms with Crippen molar-refractivity contribution in [3.63, 3.8) is 0 Å². The number of benzene rings is 2. The van der Waals surface area contributed by atoms with Gasteiger partial charge in [0.2, 0.25) is 11.6 Å². The van der Waals surface area contributed by atoms with Gasteiger partial charge in [0, 0.05) is 11.1 Å². The Balaban J connectivity index is 1.64. The number of rotatable bonds is 4. The van der Waals surface area contributed by atoms with Crippen molar-refractivity contribution in [3.8, 4) is 0 Å². The first kappa shape index (κ1) is 16.3. The summed E-state index contributed by atoms with van der Waals surface area (Å²) < 4.78 is 4.67. The molecule has 0 aliphatic carbocycles. The average molecular weight is 360 g/mol. The molecule has 2 heterocycles. The number of carbonyl (C=O) groups excluding carboxylic acids is 2. The minimum atomic E-state index is -0.397.